The van der Waals surface area contributed by atoms with E-state index in [0.717, 1.165) is 24.4 Å². The smallest absolute Gasteiger partial charge is 0.0223 e. The summed E-state index contributed by atoms with van der Waals surface area (Å²) in [5.41, 5.74) is 6.09. The molecule has 0 aromatic carbocycles. The summed E-state index contributed by atoms with van der Waals surface area (Å²) in [6.07, 6.45) is 11.4. The lowest BCUT2D eigenvalue weighted by molar-refractivity contribution is 0.0564. The first-order chi connectivity index (χ1) is 8.72. The van der Waals surface area contributed by atoms with Crippen LogP contribution in [0, 0.1) is 11.8 Å². The summed E-state index contributed by atoms with van der Waals surface area (Å²) in [7, 11) is 0. The van der Waals surface area contributed by atoms with Gasteiger partial charge in [0.2, 0.25) is 0 Å². The Kier molecular flexibility index (Phi) is 5.50. The van der Waals surface area contributed by atoms with E-state index >= 15 is 0 Å². The third-order valence-electron chi connectivity index (χ3n) is 5.49. The first kappa shape index (κ1) is 14.3. The van der Waals surface area contributed by atoms with Crippen LogP contribution in [-0.4, -0.2) is 30.1 Å². The van der Waals surface area contributed by atoms with Gasteiger partial charge in [0, 0.05) is 18.6 Å². The second-order valence-corrected chi connectivity index (χ2v) is 6.73. The van der Waals surface area contributed by atoms with Crippen molar-refractivity contribution in [3.63, 3.8) is 0 Å². The van der Waals surface area contributed by atoms with Gasteiger partial charge >= 0.3 is 0 Å². The van der Waals surface area contributed by atoms with Gasteiger partial charge in [-0.15, -0.1) is 0 Å². The van der Waals surface area contributed by atoms with Crippen molar-refractivity contribution in [2.45, 2.75) is 77.3 Å². The van der Waals surface area contributed by atoms with Gasteiger partial charge in [0.05, 0.1) is 0 Å². The average Bonchev–Trinajstić information content (AvgIpc) is 2.41. The van der Waals surface area contributed by atoms with Crippen LogP contribution in [0.5, 0.6) is 0 Å². The summed E-state index contributed by atoms with van der Waals surface area (Å²) >= 11 is 0. The van der Waals surface area contributed by atoms with Gasteiger partial charge in [-0.25, -0.2) is 0 Å². The highest BCUT2D eigenvalue weighted by Crippen LogP contribution is 2.31. The lowest BCUT2D eigenvalue weighted by Crippen LogP contribution is -2.51. The minimum atomic E-state index is 0.644. The molecule has 2 fully saturated rings. The van der Waals surface area contributed by atoms with Crippen molar-refractivity contribution in [1.29, 1.82) is 0 Å². The maximum Gasteiger partial charge on any atom is 0.0223 e. The molecule has 0 aromatic rings. The second kappa shape index (κ2) is 6.91. The van der Waals surface area contributed by atoms with Crippen molar-refractivity contribution in [3.05, 3.63) is 0 Å². The monoisotopic (exact) mass is 252 g/mol. The Hall–Kier alpha value is -0.0800. The number of likely N-dealkylation sites (tertiary alicyclic amines) is 1. The third kappa shape index (κ3) is 3.48. The highest BCUT2D eigenvalue weighted by Gasteiger charge is 2.31. The van der Waals surface area contributed by atoms with Gasteiger partial charge < -0.3 is 5.73 Å². The summed E-state index contributed by atoms with van der Waals surface area (Å²) < 4.78 is 0. The van der Waals surface area contributed by atoms with Gasteiger partial charge in [-0.2, -0.15) is 0 Å². The van der Waals surface area contributed by atoms with Gasteiger partial charge in [-0.05, 0) is 44.6 Å². The molecule has 0 amide bonds. The normalized spacial score (nSPS) is 33.5. The van der Waals surface area contributed by atoms with Crippen LogP contribution >= 0.6 is 0 Å². The van der Waals surface area contributed by atoms with E-state index in [4.69, 9.17) is 5.73 Å². The van der Waals surface area contributed by atoms with Crippen LogP contribution < -0.4 is 5.73 Å². The predicted molar refractivity (Wildman–Crippen MR) is 78.6 cm³/mol. The molecular weight excluding hydrogens is 220 g/mol. The molecule has 106 valence electrons. The van der Waals surface area contributed by atoms with Gasteiger partial charge in [0.1, 0.15) is 0 Å². The SMILES string of the molecule is CC1CCCN(C(CN)CC2CCCCC2)C1C. The molecule has 1 saturated carbocycles. The molecule has 0 spiro atoms. The third-order valence-corrected chi connectivity index (χ3v) is 5.49. The molecule has 2 nitrogen and oxygen atoms in total. The molecule has 0 aromatic heterocycles. The van der Waals surface area contributed by atoms with E-state index in [1.165, 1.54) is 57.9 Å². The zero-order valence-electron chi connectivity index (χ0n) is 12.4. The second-order valence-electron chi connectivity index (χ2n) is 6.73. The number of piperidine rings is 1. The van der Waals surface area contributed by atoms with Gasteiger partial charge in [0.25, 0.3) is 0 Å². The van der Waals surface area contributed by atoms with Gasteiger partial charge in [-0.1, -0.05) is 39.0 Å². The molecule has 1 aliphatic heterocycles. The Morgan fingerprint density at radius 3 is 2.44 bits per heavy atom. The van der Waals surface area contributed by atoms with Crippen LogP contribution in [0.3, 0.4) is 0 Å². The number of nitrogens with two attached hydrogens (primary N) is 1. The fourth-order valence-electron chi connectivity index (χ4n) is 4.06. The summed E-state index contributed by atoms with van der Waals surface area (Å²) in [5.74, 6) is 1.80. The lowest BCUT2D eigenvalue weighted by Gasteiger charge is -2.44. The van der Waals surface area contributed by atoms with Crippen molar-refractivity contribution in [2.24, 2.45) is 17.6 Å². The minimum Gasteiger partial charge on any atom is -0.329 e. The highest BCUT2D eigenvalue weighted by atomic mass is 15.2. The molecule has 1 heterocycles. The average molecular weight is 252 g/mol. The Labute approximate surface area is 113 Å². The molecule has 2 N–H and O–H groups in total. The van der Waals surface area contributed by atoms with E-state index < -0.39 is 0 Å². The number of rotatable bonds is 4. The van der Waals surface area contributed by atoms with Crippen LogP contribution in [0.1, 0.15) is 65.2 Å². The maximum absolute atomic E-state index is 6.09. The molecule has 1 saturated heterocycles. The lowest BCUT2D eigenvalue weighted by atomic mass is 9.83. The molecule has 18 heavy (non-hydrogen) atoms. The van der Waals surface area contributed by atoms with Crippen molar-refractivity contribution in [2.75, 3.05) is 13.1 Å². The number of hydrogen-bond acceptors (Lipinski definition) is 2. The van der Waals surface area contributed by atoms with Crippen LogP contribution in [0.4, 0.5) is 0 Å². The molecule has 3 unspecified atom stereocenters. The summed E-state index contributed by atoms with van der Waals surface area (Å²) in [6, 6.07) is 1.38. The van der Waals surface area contributed by atoms with Crippen LogP contribution in [-0.2, 0) is 0 Å². The highest BCUT2D eigenvalue weighted by molar-refractivity contribution is 4.86. The molecule has 1 aliphatic carbocycles. The van der Waals surface area contributed by atoms with E-state index in [0.29, 0.717) is 6.04 Å². The first-order valence-corrected chi connectivity index (χ1v) is 8.18. The van der Waals surface area contributed by atoms with E-state index in [2.05, 4.69) is 18.7 Å². The van der Waals surface area contributed by atoms with Crippen molar-refractivity contribution >= 4 is 0 Å². The topological polar surface area (TPSA) is 29.3 Å². The molecular formula is C16H32N2. The van der Waals surface area contributed by atoms with E-state index in [-0.39, 0.29) is 0 Å². The zero-order chi connectivity index (χ0) is 13.0. The summed E-state index contributed by atoms with van der Waals surface area (Å²) in [4.78, 5) is 2.72. The number of nitrogens with zero attached hydrogens (tertiary/aromatic N) is 1. The fraction of sp³-hybridized carbons (Fsp3) is 1.00. The Morgan fingerprint density at radius 1 is 1.06 bits per heavy atom. The van der Waals surface area contributed by atoms with E-state index in [9.17, 15) is 0 Å². The summed E-state index contributed by atoms with van der Waals surface area (Å²) in [6.45, 7) is 6.95. The van der Waals surface area contributed by atoms with Gasteiger partial charge in [0.15, 0.2) is 0 Å². The van der Waals surface area contributed by atoms with Gasteiger partial charge in [-0.3, -0.25) is 4.90 Å². The van der Waals surface area contributed by atoms with Crippen LogP contribution in [0.15, 0.2) is 0 Å². The molecule has 2 rings (SSSR count). The largest absolute Gasteiger partial charge is 0.329 e. The Bertz CT molecular complexity index is 235. The quantitative estimate of drug-likeness (QED) is 0.831. The molecule has 0 radical (unpaired) electrons. The fourth-order valence-corrected chi connectivity index (χ4v) is 4.06. The minimum absolute atomic E-state index is 0.644. The predicted octanol–water partition coefficient (Wildman–Crippen LogP) is 3.40. The number of hydrogen-bond donors (Lipinski definition) is 1. The Balaban J connectivity index is 1.90. The van der Waals surface area contributed by atoms with Crippen LogP contribution in [0.2, 0.25) is 0 Å². The molecule has 0 bridgehead atoms. The molecule has 2 aliphatic rings. The maximum atomic E-state index is 6.09. The molecule has 3 atom stereocenters. The zero-order valence-corrected chi connectivity index (χ0v) is 12.4. The van der Waals surface area contributed by atoms with Crippen molar-refractivity contribution < 1.29 is 0 Å². The van der Waals surface area contributed by atoms with E-state index in [1.807, 2.05) is 0 Å². The Morgan fingerprint density at radius 2 is 1.78 bits per heavy atom. The first-order valence-electron chi connectivity index (χ1n) is 8.18. The van der Waals surface area contributed by atoms with Crippen molar-refractivity contribution in [3.8, 4) is 0 Å². The van der Waals surface area contributed by atoms with E-state index in [1.54, 1.807) is 0 Å². The molecule has 2 heteroatoms. The standard InChI is InChI=1S/C16H32N2/c1-13-7-6-10-18(14(13)2)16(12-17)11-15-8-4-3-5-9-15/h13-16H,3-12,17H2,1-2H3. The van der Waals surface area contributed by atoms with Crippen molar-refractivity contribution in [1.82, 2.24) is 4.90 Å². The summed E-state index contributed by atoms with van der Waals surface area (Å²) in [5, 5.41) is 0. The van der Waals surface area contributed by atoms with Crippen LogP contribution in [0.25, 0.3) is 0 Å².